The van der Waals surface area contributed by atoms with E-state index < -0.39 is 0 Å². The second kappa shape index (κ2) is 5.87. The molecule has 0 spiro atoms. The Morgan fingerprint density at radius 3 is 2.67 bits per heavy atom. The molecular weight excluding hydrogens is 242 g/mol. The highest BCUT2D eigenvalue weighted by Crippen LogP contribution is 2.29. The first kappa shape index (κ1) is 12.9. The third-order valence-corrected chi connectivity index (χ3v) is 3.57. The maximum absolute atomic E-state index is 4.50. The zero-order chi connectivity index (χ0) is 13.0. The van der Waals surface area contributed by atoms with Gasteiger partial charge in [0, 0.05) is 17.1 Å². The fourth-order valence-electron chi connectivity index (χ4n) is 1.61. The van der Waals surface area contributed by atoms with Gasteiger partial charge in [0.05, 0.1) is 0 Å². The van der Waals surface area contributed by atoms with Crippen LogP contribution in [0.4, 0.5) is 5.95 Å². The SMILES string of the molecule is CCNc1nc(C)cc(Sc2ccccc2C)n1. The normalized spacial score (nSPS) is 10.4. The van der Waals surface area contributed by atoms with Gasteiger partial charge in [-0.25, -0.2) is 9.97 Å². The number of nitrogens with zero attached hydrogens (tertiary/aromatic N) is 2. The largest absolute Gasteiger partial charge is 0.354 e. The molecule has 18 heavy (non-hydrogen) atoms. The van der Waals surface area contributed by atoms with Crippen molar-refractivity contribution in [1.29, 1.82) is 0 Å². The molecule has 0 radical (unpaired) electrons. The zero-order valence-electron chi connectivity index (χ0n) is 10.9. The minimum atomic E-state index is 0.702. The molecule has 1 aromatic heterocycles. The lowest BCUT2D eigenvalue weighted by atomic mass is 10.2. The van der Waals surface area contributed by atoms with Gasteiger partial charge < -0.3 is 5.32 Å². The highest BCUT2D eigenvalue weighted by Gasteiger charge is 2.05. The molecule has 0 bridgehead atoms. The summed E-state index contributed by atoms with van der Waals surface area (Å²) in [6.45, 7) is 6.98. The average Bonchev–Trinajstić information content (AvgIpc) is 2.32. The first-order valence-corrected chi connectivity index (χ1v) is 6.83. The molecule has 0 saturated carbocycles. The summed E-state index contributed by atoms with van der Waals surface area (Å²) in [7, 11) is 0. The van der Waals surface area contributed by atoms with Crippen molar-refractivity contribution in [3.63, 3.8) is 0 Å². The summed E-state index contributed by atoms with van der Waals surface area (Å²) in [5, 5.41) is 4.13. The number of benzene rings is 1. The van der Waals surface area contributed by atoms with E-state index in [2.05, 4.69) is 46.5 Å². The van der Waals surface area contributed by atoms with E-state index in [0.717, 1.165) is 17.3 Å². The molecule has 1 aromatic carbocycles. The van der Waals surface area contributed by atoms with Gasteiger partial charge in [-0.3, -0.25) is 0 Å². The fraction of sp³-hybridized carbons (Fsp3) is 0.286. The summed E-state index contributed by atoms with van der Waals surface area (Å²) in [6.07, 6.45) is 0. The van der Waals surface area contributed by atoms with Crippen molar-refractivity contribution in [2.45, 2.75) is 30.7 Å². The van der Waals surface area contributed by atoms with Gasteiger partial charge in [0.2, 0.25) is 5.95 Å². The summed E-state index contributed by atoms with van der Waals surface area (Å²) in [4.78, 5) is 10.1. The van der Waals surface area contributed by atoms with Gasteiger partial charge in [0.15, 0.2) is 0 Å². The van der Waals surface area contributed by atoms with Crippen molar-refractivity contribution in [3.05, 3.63) is 41.6 Å². The molecule has 1 heterocycles. The topological polar surface area (TPSA) is 37.8 Å². The molecule has 2 rings (SSSR count). The summed E-state index contributed by atoms with van der Waals surface area (Å²) in [5.74, 6) is 0.702. The maximum atomic E-state index is 4.50. The lowest BCUT2D eigenvalue weighted by Crippen LogP contribution is -2.03. The van der Waals surface area contributed by atoms with Crippen LogP contribution in [-0.2, 0) is 0 Å². The van der Waals surface area contributed by atoms with Crippen LogP contribution in [0, 0.1) is 13.8 Å². The predicted octanol–water partition coefficient (Wildman–Crippen LogP) is 3.68. The van der Waals surface area contributed by atoms with Gasteiger partial charge in [-0.15, -0.1) is 0 Å². The third kappa shape index (κ3) is 3.23. The Labute approximate surface area is 112 Å². The van der Waals surface area contributed by atoms with Crippen LogP contribution < -0.4 is 5.32 Å². The maximum Gasteiger partial charge on any atom is 0.223 e. The summed E-state index contributed by atoms with van der Waals surface area (Å²) >= 11 is 1.68. The van der Waals surface area contributed by atoms with Gasteiger partial charge >= 0.3 is 0 Å². The Hall–Kier alpha value is -1.55. The molecule has 4 heteroatoms. The molecule has 94 valence electrons. The van der Waals surface area contributed by atoms with E-state index in [0.29, 0.717) is 5.95 Å². The van der Waals surface area contributed by atoms with Crippen molar-refractivity contribution in [3.8, 4) is 0 Å². The van der Waals surface area contributed by atoms with Crippen molar-refractivity contribution in [2.75, 3.05) is 11.9 Å². The van der Waals surface area contributed by atoms with Crippen LogP contribution >= 0.6 is 11.8 Å². The number of hydrogen-bond donors (Lipinski definition) is 1. The quantitative estimate of drug-likeness (QED) is 0.850. The fourth-order valence-corrected chi connectivity index (χ4v) is 2.58. The van der Waals surface area contributed by atoms with Crippen molar-refractivity contribution >= 4 is 17.7 Å². The molecule has 0 unspecified atom stereocenters. The van der Waals surface area contributed by atoms with E-state index in [4.69, 9.17) is 0 Å². The summed E-state index contributed by atoms with van der Waals surface area (Å²) in [5.41, 5.74) is 2.25. The van der Waals surface area contributed by atoms with Crippen molar-refractivity contribution in [1.82, 2.24) is 9.97 Å². The Bertz CT molecular complexity index is 540. The smallest absolute Gasteiger partial charge is 0.223 e. The van der Waals surface area contributed by atoms with Crippen LogP contribution in [0.2, 0.25) is 0 Å². The molecule has 0 aliphatic rings. The van der Waals surface area contributed by atoms with Gasteiger partial charge in [-0.2, -0.15) is 0 Å². The van der Waals surface area contributed by atoms with Crippen molar-refractivity contribution in [2.24, 2.45) is 0 Å². The number of aromatic nitrogens is 2. The summed E-state index contributed by atoms with van der Waals surface area (Å²) < 4.78 is 0. The van der Waals surface area contributed by atoms with Gasteiger partial charge in [-0.05, 0) is 38.5 Å². The molecule has 0 aliphatic heterocycles. The number of rotatable bonds is 4. The van der Waals surface area contributed by atoms with Crippen LogP contribution in [0.25, 0.3) is 0 Å². The first-order chi connectivity index (χ1) is 8.69. The lowest BCUT2D eigenvalue weighted by molar-refractivity contribution is 0.984. The molecule has 0 amide bonds. The van der Waals surface area contributed by atoms with Gasteiger partial charge in [0.25, 0.3) is 0 Å². The highest BCUT2D eigenvalue weighted by molar-refractivity contribution is 7.99. The molecular formula is C14H17N3S. The van der Waals surface area contributed by atoms with Gasteiger partial charge in [-0.1, -0.05) is 30.0 Å². The second-order valence-electron chi connectivity index (χ2n) is 4.07. The van der Waals surface area contributed by atoms with Crippen LogP contribution in [0.3, 0.4) is 0 Å². The molecule has 0 saturated heterocycles. The van der Waals surface area contributed by atoms with E-state index in [9.17, 15) is 0 Å². The zero-order valence-corrected chi connectivity index (χ0v) is 11.7. The third-order valence-electron chi connectivity index (χ3n) is 2.47. The van der Waals surface area contributed by atoms with E-state index in [1.807, 2.05) is 19.9 Å². The Balaban J connectivity index is 2.26. The number of nitrogens with one attached hydrogen (secondary N) is 1. The Kier molecular flexibility index (Phi) is 4.20. The minimum Gasteiger partial charge on any atom is -0.354 e. The van der Waals surface area contributed by atoms with E-state index in [1.54, 1.807) is 11.8 Å². The highest BCUT2D eigenvalue weighted by atomic mass is 32.2. The predicted molar refractivity (Wildman–Crippen MR) is 76.2 cm³/mol. The standard InChI is InChI=1S/C14H17N3S/c1-4-15-14-16-11(3)9-13(17-14)18-12-8-6-5-7-10(12)2/h5-9H,4H2,1-3H3,(H,15,16,17). The number of anilines is 1. The van der Waals surface area contributed by atoms with Crippen molar-refractivity contribution < 1.29 is 0 Å². The van der Waals surface area contributed by atoms with E-state index >= 15 is 0 Å². The van der Waals surface area contributed by atoms with Crippen LogP contribution in [-0.4, -0.2) is 16.5 Å². The molecule has 1 N–H and O–H groups in total. The van der Waals surface area contributed by atoms with Gasteiger partial charge in [0.1, 0.15) is 5.03 Å². The Morgan fingerprint density at radius 1 is 1.17 bits per heavy atom. The molecule has 0 aliphatic carbocycles. The monoisotopic (exact) mass is 259 g/mol. The molecule has 2 aromatic rings. The van der Waals surface area contributed by atoms with E-state index in [-0.39, 0.29) is 0 Å². The second-order valence-corrected chi connectivity index (χ2v) is 5.13. The number of hydrogen-bond acceptors (Lipinski definition) is 4. The van der Waals surface area contributed by atoms with Crippen LogP contribution in [0.5, 0.6) is 0 Å². The molecule has 0 atom stereocenters. The van der Waals surface area contributed by atoms with Crippen LogP contribution in [0.15, 0.2) is 40.3 Å². The summed E-state index contributed by atoms with van der Waals surface area (Å²) in [6, 6.07) is 10.3. The first-order valence-electron chi connectivity index (χ1n) is 6.02. The lowest BCUT2D eigenvalue weighted by Gasteiger charge is -2.07. The minimum absolute atomic E-state index is 0.702. The molecule has 0 fully saturated rings. The Morgan fingerprint density at radius 2 is 1.94 bits per heavy atom. The van der Waals surface area contributed by atoms with Crippen LogP contribution in [0.1, 0.15) is 18.2 Å². The van der Waals surface area contributed by atoms with E-state index in [1.165, 1.54) is 10.5 Å². The molecule has 3 nitrogen and oxygen atoms in total. The average molecular weight is 259 g/mol. The number of aryl methyl sites for hydroxylation is 2.